The zero-order valence-electron chi connectivity index (χ0n) is 16.4. The van der Waals surface area contributed by atoms with Crippen LogP contribution in [0.25, 0.3) is 0 Å². The predicted molar refractivity (Wildman–Crippen MR) is 115 cm³/mol. The molecule has 2 aromatic rings. The summed E-state index contributed by atoms with van der Waals surface area (Å²) >= 11 is 0.189. The number of hydrogen-bond acceptors (Lipinski definition) is 5. The minimum absolute atomic E-state index is 0.403. The molecule has 0 saturated heterocycles. The molecule has 2 rings (SSSR count). The lowest BCUT2D eigenvalue weighted by molar-refractivity contribution is 0.561. The largest absolute Gasteiger partial charge is 0.591 e. The summed E-state index contributed by atoms with van der Waals surface area (Å²) in [5.41, 5.74) is 5.42. The van der Waals surface area contributed by atoms with Crippen molar-refractivity contribution in [2.24, 2.45) is 4.40 Å². The SMILES string of the molecule is CCCN(CCC)c1ccc(/C(=N/[S+]([O-])C(C)(C)C)c2cscn2)cc1. The number of thiazole rings is 1. The van der Waals surface area contributed by atoms with E-state index in [9.17, 15) is 4.55 Å². The van der Waals surface area contributed by atoms with Crippen molar-refractivity contribution >= 4 is 34.1 Å². The van der Waals surface area contributed by atoms with E-state index in [4.69, 9.17) is 0 Å². The average Bonchev–Trinajstić information content (AvgIpc) is 3.13. The lowest BCUT2D eigenvalue weighted by Gasteiger charge is -2.24. The number of hydrogen-bond donors (Lipinski definition) is 0. The van der Waals surface area contributed by atoms with Gasteiger partial charge in [0.05, 0.1) is 5.51 Å². The van der Waals surface area contributed by atoms with Gasteiger partial charge in [0.2, 0.25) is 0 Å². The quantitative estimate of drug-likeness (QED) is 0.466. The summed E-state index contributed by atoms with van der Waals surface area (Å²) in [5.74, 6) is 0. The minimum Gasteiger partial charge on any atom is -0.591 e. The summed E-state index contributed by atoms with van der Waals surface area (Å²) in [7, 11) is 0. The first-order valence-electron chi connectivity index (χ1n) is 9.11. The highest BCUT2D eigenvalue weighted by Gasteiger charge is 2.28. The van der Waals surface area contributed by atoms with Crippen LogP contribution in [0.4, 0.5) is 5.69 Å². The van der Waals surface area contributed by atoms with E-state index in [1.807, 2.05) is 26.2 Å². The van der Waals surface area contributed by atoms with Crippen LogP contribution in [0, 0.1) is 0 Å². The second-order valence-electron chi connectivity index (χ2n) is 7.21. The van der Waals surface area contributed by atoms with Gasteiger partial charge in [0.25, 0.3) is 0 Å². The summed E-state index contributed by atoms with van der Waals surface area (Å²) in [6.45, 7) is 12.3. The number of anilines is 1. The predicted octanol–water partition coefficient (Wildman–Crippen LogP) is 5.07. The molecule has 0 saturated carbocycles. The van der Waals surface area contributed by atoms with Gasteiger partial charge in [-0.2, -0.15) is 0 Å². The molecule has 0 radical (unpaired) electrons. The van der Waals surface area contributed by atoms with E-state index in [0.717, 1.165) is 37.2 Å². The summed E-state index contributed by atoms with van der Waals surface area (Å²) in [4.78, 5) is 6.79. The van der Waals surface area contributed by atoms with Crippen LogP contribution in [0.15, 0.2) is 39.6 Å². The molecule has 0 N–H and O–H groups in total. The fourth-order valence-corrected chi connectivity index (χ4v) is 3.71. The highest BCUT2D eigenvalue weighted by molar-refractivity contribution is 7.91. The zero-order valence-corrected chi connectivity index (χ0v) is 18.0. The summed E-state index contributed by atoms with van der Waals surface area (Å²) in [6.07, 6.45) is 2.25. The molecule has 0 aliphatic carbocycles. The molecule has 1 aromatic heterocycles. The van der Waals surface area contributed by atoms with Gasteiger partial charge in [-0.3, -0.25) is 0 Å². The Balaban J connectivity index is 2.36. The maximum Gasteiger partial charge on any atom is 0.148 e. The smallest absolute Gasteiger partial charge is 0.148 e. The van der Waals surface area contributed by atoms with Gasteiger partial charge < -0.3 is 9.45 Å². The molecule has 1 aromatic carbocycles. The van der Waals surface area contributed by atoms with E-state index in [1.54, 1.807) is 5.51 Å². The topological polar surface area (TPSA) is 51.5 Å². The molecule has 0 bridgehead atoms. The molecule has 0 spiro atoms. The monoisotopic (exact) mass is 391 g/mol. The van der Waals surface area contributed by atoms with Crippen molar-refractivity contribution in [2.75, 3.05) is 18.0 Å². The molecule has 1 atom stereocenters. The molecule has 1 unspecified atom stereocenters. The number of rotatable bonds is 8. The molecular formula is C20H29N3OS2. The molecule has 0 aliphatic rings. The van der Waals surface area contributed by atoms with Crippen molar-refractivity contribution in [2.45, 2.75) is 52.2 Å². The van der Waals surface area contributed by atoms with Gasteiger partial charge in [-0.05, 0) is 45.7 Å². The van der Waals surface area contributed by atoms with Crippen molar-refractivity contribution in [3.05, 3.63) is 46.4 Å². The number of aromatic nitrogens is 1. The molecule has 6 heteroatoms. The van der Waals surface area contributed by atoms with Crippen molar-refractivity contribution < 1.29 is 4.55 Å². The van der Waals surface area contributed by atoms with Gasteiger partial charge in [0.1, 0.15) is 27.5 Å². The fraction of sp³-hybridized carbons (Fsp3) is 0.500. The summed E-state index contributed by atoms with van der Waals surface area (Å²) in [6, 6.07) is 8.38. The summed E-state index contributed by atoms with van der Waals surface area (Å²) < 4.78 is 16.7. The van der Waals surface area contributed by atoms with Crippen LogP contribution in [0.3, 0.4) is 0 Å². The Morgan fingerprint density at radius 3 is 2.23 bits per heavy atom. The molecule has 0 aliphatic heterocycles. The molecule has 26 heavy (non-hydrogen) atoms. The van der Waals surface area contributed by atoms with E-state index in [-0.39, 0.29) is 0 Å². The summed E-state index contributed by atoms with van der Waals surface area (Å²) in [5, 5.41) is 1.95. The van der Waals surface area contributed by atoms with E-state index in [1.165, 1.54) is 17.0 Å². The highest BCUT2D eigenvalue weighted by Crippen LogP contribution is 2.23. The Morgan fingerprint density at radius 2 is 1.77 bits per heavy atom. The molecule has 0 amide bonds. The van der Waals surface area contributed by atoms with Crippen LogP contribution in [0.5, 0.6) is 0 Å². The Labute approximate surface area is 164 Å². The van der Waals surface area contributed by atoms with E-state index in [2.05, 4.69) is 52.4 Å². The van der Waals surface area contributed by atoms with Crippen molar-refractivity contribution in [3.8, 4) is 0 Å². The van der Waals surface area contributed by atoms with Crippen LogP contribution in [0.2, 0.25) is 0 Å². The third kappa shape index (κ3) is 5.56. The average molecular weight is 392 g/mol. The third-order valence-electron chi connectivity index (χ3n) is 3.87. The molecule has 142 valence electrons. The molecular weight excluding hydrogens is 362 g/mol. The Bertz CT molecular complexity index is 685. The molecule has 1 heterocycles. The Morgan fingerprint density at radius 1 is 1.15 bits per heavy atom. The first-order chi connectivity index (χ1) is 12.4. The maximum absolute atomic E-state index is 12.6. The van der Waals surface area contributed by atoms with Crippen LogP contribution >= 0.6 is 11.3 Å². The second-order valence-corrected chi connectivity index (χ2v) is 9.83. The van der Waals surface area contributed by atoms with E-state index in [0.29, 0.717) is 5.71 Å². The van der Waals surface area contributed by atoms with Gasteiger partial charge in [0.15, 0.2) is 0 Å². The normalized spacial score (nSPS) is 13.7. The van der Waals surface area contributed by atoms with Crippen molar-refractivity contribution in [1.82, 2.24) is 4.98 Å². The van der Waals surface area contributed by atoms with Gasteiger partial charge in [-0.15, -0.1) is 11.3 Å². The number of benzene rings is 1. The zero-order chi connectivity index (χ0) is 19.2. The fourth-order valence-electron chi connectivity index (χ4n) is 2.54. The van der Waals surface area contributed by atoms with Gasteiger partial charge >= 0.3 is 0 Å². The van der Waals surface area contributed by atoms with Crippen LogP contribution in [-0.2, 0) is 11.4 Å². The van der Waals surface area contributed by atoms with Gasteiger partial charge in [-0.25, -0.2) is 4.98 Å². The maximum atomic E-state index is 12.6. The number of nitrogens with zero attached hydrogens (tertiary/aromatic N) is 3. The van der Waals surface area contributed by atoms with Crippen molar-refractivity contribution in [3.63, 3.8) is 0 Å². The van der Waals surface area contributed by atoms with E-state index >= 15 is 0 Å². The van der Waals surface area contributed by atoms with Gasteiger partial charge in [-0.1, -0.05) is 30.4 Å². The highest BCUT2D eigenvalue weighted by atomic mass is 32.2. The van der Waals surface area contributed by atoms with E-state index < -0.39 is 16.1 Å². The molecule has 4 nitrogen and oxygen atoms in total. The first-order valence-corrected chi connectivity index (χ1v) is 11.2. The minimum atomic E-state index is -1.33. The Hall–Kier alpha value is -1.37. The lowest BCUT2D eigenvalue weighted by Crippen LogP contribution is -2.27. The Kier molecular flexibility index (Phi) is 7.68. The third-order valence-corrected chi connectivity index (χ3v) is 5.85. The second kappa shape index (κ2) is 9.53. The van der Waals surface area contributed by atoms with Crippen molar-refractivity contribution in [1.29, 1.82) is 0 Å². The van der Waals surface area contributed by atoms with Crippen LogP contribution < -0.4 is 4.90 Å². The first kappa shape index (κ1) is 20.9. The van der Waals surface area contributed by atoms with Crippen LogP contribution in [-0.4, -0.2) is 33.1 Å². The lowest BCUT2D eigenvalue weighted by atomic mass is 10.1. The standard InChI is InChI=1S/C20H29N3OS2/c1-6-12-23(13-7-2)17-10-8-16(9-11-17)19(18-14-25-15-21-18)22-26(24)20(3,4)5/h8-11,14-15H,6-7,12-13H2,1-5H3/b22-19-. The molecule has 0 fully saturated rings. The van der Waals surface area contributed by atoms with Crippen LogP contribution in [0.1, 0.15) is 58.7 Å². The van der Waals surface area contributed by atoms with Gasteiger partial charge in [0, 0.05) is 29.7 Å².